The predicted octanol–water partition coefficient (Wildman–Crippen LogP) is 4.03. The maximum Gasteiger partial charge on any atom is 0.264 e. The average molecular weight is 356 g/mol. The van der Waals surface area contributed by atoms with E-state index in [1.807, 2.05) is 0 Å². The van der Waals surface area contributed by atoms with Crippen molar-refractivity contribution in [2.24, 2.45) is 0 Å². The minimum atomic E-state index is -2.54. The molecule has 0 saturated heterocycles. The number of ketones is 1. The predicted molar refractivity (Wildman–Crippen MR) is 66.5 cm³/mol. The van der Waals surface area contributed by atoms with Crippen molar-refractivity contribution < 1.29 is 13.6 Å². The van der Waals surface area contributed by atoms with Gasteiger partial charge in [-0.2, -0.15) is 0 Å². The summed E-state index contributed by atoms with van der Waals surface area (Å²) >= 11 is 6.27. The Morgan fingerprint density at radius 1 is 1.31 bits per heavy atom. The molecule has 1 nitrogen and oxygen atoms in total. The fourth-order valence-electron chi connectivity index (χ4n) is 1.44. The molecule has 0 heterocycles. The van der Waals surface area contributed by atoms with Crippen LogP contribution in [0.2, 0.25) is 0 Å². The lowest BCUT2D eigenvalue weighted by Gasteiger charge is -2.11. The van der Waals surface area contributed by atoms with Crippen LogP contribution in [0.3, 0.4) is 0 Å². The Hall–Kier alpha value is -0.290. The summed E-state index contributed by atoms with van der Waals surface area (Å²) in [5, 5.41) is 0.657. The highest BCUT2D eigenvalue weighted by Crippen LogP contribution is 2.27. The van der Waals surface area contributed by atoms with Gasteiger partial charge < -0.3 is 0 Å². The molecule has 5 heteroatoms. The fraction of sp³-hybridized carbons (Fsp3) is 0.364. The van der Waals surface area contributed by atoms with E-state index in [2.05, 4.69) is 31.9 Å². The topological polar surface area (TPSA) is 17.1 Å². The van der Waals surface area contributed by atoms with E-state index in [1.54, 1.807) is 12.1 Å². The minimum Gasteiger partial charge on any atom is -0.298 e. The third-order valence-electron chi connectivity index (χ3n) is 2.21. The molecule has 0 aliphatic rings. The molecule has 1 rings (SSSR count). The van der Waals surface area contributed by atoms with Crippen molar-refractivity contribution in [3.63, 3.8) is 0 Å². The first-order valence-electron chi connectivity index (χ1n) is 4.62. The number of halogens is 4. The van der Waals surface area contributed by atoms with Gasteiger partial charge in [0.2, 0.25) is 0 Å². The monoisotopic (exact) mass is 354 g/mol. The largest absolute Gasteiger partial charge is 0.298 e. The number of benzene rings is 1. The first kappa shape index (κ1) is 13.8. The van der Waals surface area contributed by atoms with Crippen LogP contribution in [-0.2, 0) is 16.5 Å². The van der Waals surface area contributed by atoms with E-state index in [9.17, 15) is 13.6 Å². The summed E-state index contributed by atoms with van der Waals surface area (Å²) in [7, 11) is 0. The van der Waals surface area contributed by atoms with E-state index in [4.69, 9.17) is 0 Å². The summed E-state index contributed by atoms with van der Waals surface area (Å²) in [5.41, 5.74) is 1.14. The SMILES string of the molecule is O=C(CBr)Cc1c(CBr)cccc1C(F)F. The summed E-state index contributed by atoms with van der Waals surface area (Å²) in [4.78, 5) is 11.3. The molecular weight excluding hydrogens is 346 g/mol. The zero-order valence-corrected chi connectivity index (χ0v) is 11.5. The summed E-state index contributed by atoms with van der Waals surface area (Å²) < 4.78 is 25.5. The van der Waals surface area contributed by atoms with Crippen LogP contribution in [0, 0.1) is 0 Å². The van der Waals surface area contributed by atoms with Crippen LogP contribution < -0.4 is 0 Å². The highest BCUT2D eigenvalue weighted by molar-refractivity contribution is 9.09. The molecule has 0 atom stereocenters. The summed E-state index contributed by atoms with van der Waals surface area (Å²) in [6.45, 7) is 0. The Morgan fingerprint density at radius 3 is 2.50 bits per heavy atom. The van der Waals surface area contributed by atoms with Crippen molar-refractivity contribution in [1.82, 2.24) is 0 Å². The summed E-state index contributed by atoms with van der Waals surface area (Å²) in [6, 6.07) is 4.70. The van der Waals surface area contributed by atoms with Crippen molar-refractivity contribution in [1.29, 1.82) is 0 Å². The van der Waals surface area contributed by atoms with Crippen LogP contribution >= 0.6 is 31.9 Å². The zero-order chi connectivity index (χ0) is 12.1. The molecule has 0 radical (unpaired) electrons. The highest BCUT2D eigenvalue weighted by atomic mass is 79.9. The van der Waals surface area contributed by atoms with E-state index in [0.717, 1.165) is 5.56 Å². The van der Waals surface area contributed by atoms with E-state index in [-0.39, 0.29) is 23.1 Å². The smallest absolute Gasteiger partial charge is 0.264 e. The fourth-order valence-corrected chi connectivity index (χ4v) is 2.17. The molecule has 0 N–H and O–H groups in total. The molecule has 0 bridgehead atoms. The molecule has 0 unspecified atom stereocenters. The average Bonchev–Trinajstić information content (AvgIpc) is 2.28. The molecule has 0 spiro atoms. The van der Waals surface area contributed by atoms with Crippen LogP contribution in [-0.4, -0.2) is 11.1 Å². The van der Waals surface area contributed by atoms with E-state index in [0.29, 0.717) is 10.9 Å². The van der Waals surface area contributed by atoms with Gasteiger partial charge in [-0.15, -0.1) is 0 Å². The molecule has 0 aromatic heterocycles. The van der Waals surface area contributed by atoms with E-state index >= 15 is 0 Å². The second-order valence-corrected chi connectivity index (χ2v) is 4.39. The van der Waals surface area contributed by atoms with Gasteiger partial charge in [0.05, 0.1) is 5.33 Å². The van der Waals surface area contributed by atoms with E-state index < -0.39 is 6.43 Å². The number of carbonyl (C=O) groups is 1. The number of alkyl halides is 4. The van der Waals surface area contributed by atoms with Gasteiger partial charge in [-0.25, -0.2) is 8.78 Å². The van der Waals surface area contributed by atoms with Crippen molar-refractivity contribution in [2.45, 2.75) is 18.2 Å². The van der Waals surface area contributed by atoms with Gasteiger partial charge in [-0.3, -0.25) is 4.79 Å². The van der Waals surface area contributed by atoms with E-state index in [1.165, 1.54) is 6.07 Å². The molecule has 0 amide bonds. The number of carbonyl (C=O) groups excluding carboxylic acids is 1. The Kier molecular flexibility index (Phi) is 5.55. The maximum atomic E-state index is 12.8. The lowest BCUT2D eigenvalue weighted by Crippen LogP contribution is -2.09. The van der Waals surface area contributed by atoms with Crippen molar-refractivity contribution >= 4 is 37.6 Å². The van der Waals surface area contributed by atoms with Gasteiger partial charge in [-0.05, 0) is 11.1 Å². The first-order chi connectivity index (χ1) is 7.60. The molecule has 0 aliphatic heterocycles. The molecule has 1 aromatic rings. The Labute approximate surface area is 109 Å². The summed E-state index contributed by atoms with van der Waals surface area (Å²) in [5.74, 6) is -0.102. The van der Waals surface area contributed by atoms with Gasteiger partial charge >= 0.3 is 0 Å². The number of hydrogen-bond donors (Lipinski definition) is 0. The Balaban J connectivity index is 3.14. The maximum absolute atomic E-state index is 12.8. The minimum absolute atomic E-state index is 0.0483. The quantitative estimate of drug-likeness (QED) is 0.729. The number of hydrogen-bond acceptors (Lipinski definition) is 1. The van der Waals surface area contributed by atoms with Crippen LogP contribution in [0.4, 0.5) is 8.78 Å². The third kappa shape index (κ3) is 3.35. The molecule has 0 saturated carbocycles. The Bertz CT molecular complexity index is 380. The molecule has 88 valence electrons. The molecule has 0 aliphatic carbocycles. The van der Waals surface area contributed by atoms with Gasteiger partial charge in [0, 0.05) is 17.3 Å². The molecule has 0 fully saturated rings. The van der Waals surface area contributed by atoms with Gasteiger partial charge in [0.1, 0.15) is 5.78 Å². The lowest BCUT2D eigenvalue weighted by atomic mass is 9.98. The van der Waals surface area contributed by atoms with Crippen LogP contribution in [0.15, 0.2) is 18.2 Å². The van der Waals surface area contributed by atoms with Gasteiger partial charge in [-0.1, -0.05) is 50.1 Å². The van der Waals surface area contributed by atoms with Crippen LogP contribution in [0.5, 0.6) is 0 Å². The van der Waals surface area contributed by atoms with Crippen LogP contribution in [0.1, 0.15) is 23.1 Å². The summed E-state index contributed by atoms with van der Waals surface area (Å²) in [6.07, 6.45) is -2.50. The third-order valence-corrected chi connectivity index (χ3v) is 3.44. The normalized spacial score (nSPS) is 10.8. The van der Waals surface area contributed by atoms with Crippen molar-refractivity contribution in [3.05, 3.63) is 34.9 Å². The van der Waals surface area contributed by atoms with Crippen molar-refractivity contribution in [2.75, 3.05) is 5.33 Å². The first-order valence-corrected chi connectivity index (χ1v) is 6.86. The molecular formula is C11H10Br2F2O. The zero-order valence-electron chi connectivity index (χ0n) is 8.35. The highest BCUT2D eigenvalue weighted by Gasteiger charge is 2.17. The number of Topliss-reactive ketones (excluding diaryl/α,β-unsaturated/α-hetero) is 1. The van der Waals surface area contributed by atoms with Crippen molar-refractivity contribution in [3.8, 4) is 0 Å². The van der Waals surface area contributed by atoms with Gasteiger partial charge in [0.15, 0.2) is 0 Å². The van der Waals surface area contributed by atoms with Crippen LogP contribution in [0.25, 0.3) is 0 Å². The molecule has 1 aromatic carbocycles. The molecule has 16 heavy (non-hydrogen) atoms. The lowest BCUT2D eigenvalue weighted by molar-refractivity contribution is -0.115. The standard InChI is InChI=1S/C11H10Br2F2O/c12-5-7-2-1-3-9(11(14)15)10(7)4-8(16)6-13/h1-3,11H,4-6H2. The second-order valence-electron chi connectivity index (χ2n) is 3.27. The van der Waals surface area contributed by atoms with Gasteiger partial charge in [0.25, 0.3) is 6.43 Å². The Morgan fingerprint density at radius 2 is 2.00 bits per heavy atom. The second kappa shape index (κ2) is 6.45. The number of rotatable bonds is 5.